The molecule has 5 rings (SSSR count). The van der Waals surface area contributed by atoms with Crippen LogP contribution in [-0.2, 0) is 17.8 Å². The molecule has 2 aliphatic rings. The predicted octanol–water partition coefficient (Wildman–Crippen LogP) is 5.64. The number of methoxy groups -OCH3 is 1. The maximum absolute atomic E-state index is 11.8. The van der Waals surface area contributed by atoms with E-state index in [0.29, 0.717) is 18.6 Å². The largest absolute Gasteiger partial charge is 0.497 e. The summed E-state index contributed by atoms with van der Waals surface area (Å²) >= 11 is 6.43. The lowest BCUT2D eigenvalue weighted by molar-refractivity contribution is -0.137. The standard InChI is InChI=1S/C26H29ClN2O3/c1-3-28-19-7-11-23(28)26-21-13-18(27)6-10-22(21)29(24(26)14-19)15-17(12-25(30)31)16-4-8-20(32-2)9-5-16/h4-6,8-10,13,17,19,23H,3,7,11-12,14-15H2,1-2H3,(H,30,31). The third-order valence-electron chi connectivity index (χ3n) is 7.36. The Hall–Kier alpha value is -2.50. The van der Waals surface area contributed by atoms with Gasteiger partial charge in [-0.25, -0.2) is 0 Å². The van der Waals surface area contributed by atoms with Crippen molar-refractivity contribution in [3.63, 3.8) is 0 Å². The maximum atomic E-state index is 11.8. The number of likely N-dealkylation sites (N-methyl/N-ethyl adjacent to an activating group) is 1. The third kappa shape index (κ3) is 3.57. The zero-order valence-electron chi connectivity index (χ0n) is 18.6. The molecular formula is C26H29ClN2O3. The fourth-order valence-electron chi connectivity index (χ4n) is 5.97. The highest BCUT2D eigenvalue weighted by Gasteiger charge is 2.42. The van der Waals surface area contributed by atoms with Crippen molar-refractivity contribution in [1.29, 1.82) is 0 Å². The first-order valence-corrected chi connectivity index (χ1v) is 11.8. The first kappa shape index (κ1) is 21.4. The number of hydrogen-bond donors (Lipinski definition) is 1. The molecule has 1 aromatic heterocycles. The lowest BCUT2D eigenvalue weighted by Crippen LogP contribution is -2.37. The lowest BCUT2D eigenvalue weighted by Gasteiger charge is -2.35. The fraction of sp³-hybridized carbons (Fsp3) is 0.423. The van der Waals surface area contributed by atoms with Crippen LogP contribution in [0.1, 0.15) is 55.0 Å². The molecule has 1 saturated heterocycles. The normalized spacial score (nSPS) is 21.0. The molecule has 0 aliphatic carbocycles. The van der Waals surface area contributed by atoms with Crippen LogP contribution in [0.15, 0.2) is 42.5 Å². The highest BCUT2D eigenvalue weighted by molar-refractivity contribution is 6.31. The summed E-state index contributed by atoms with van der Waals surface area (Å²) in [5.41, 5.74) is 4.95. The molecule has 3 unspecified atom stereocenters. The minimum absolute atomic E-state index is 0.0856. The molecule has 0 saturated carbocycles. The SMILES string of the molecule is CCN1C2CCC1c1c(n(CC(CC(=O)O)c3ccc(OC)cc3)c3ccc(Cl)cc13)C2. The molecule has 2 aromatic carbocycles. The van der Waals surface area contributed by atoms with Crippen LogP contribution in [0.5, 0.6) is 5.75 Å². The van der Waals surface area contributed by atoms with Crippen molar-refractivity contribution in [2.24, 2.45) is 0 Å². The zero-order chi connectivity index (χ0) is 22.4. The van der Waals surface area contributed by atoms with E-state index in [9.17, 15) is 9.90 Å². The smallest absolute Gasteiger partial charge is 0.304 e. The second-order valence-electron chi connectivity index (χ2n) is 8.98. The van der Waals surface area contributed by atoms with Crippen molar-refractivity contribution < 1.29 is 14.6 Å². The van der Waals surface area contributed by atoms with E-state index in [-0.39, 0.29) is 12.3 Å². The number of aromatic nitrogens is 1. The Balaban J connectivity index is 1.61. The van der Waals surface area contributed by atoms with Crippen molar-refractivity contribution in [1.82, 2.24) is 9.47 Å². The van der Waals surface area contributed by atoms with Gasteiger partial charge in [-0.2, -0.15) is 0 Å². The van der Waals surface area contributed by atoms with Gasteiger partial charge in [-0.05, 0) is 60.8 Å². The van der Waals surface area contributed by atoms with Crippen molar-refractivity contribution >= 4 is 28.5 Å². The Morgan fingerprint density at radius 3 is 2.69 bits per heavy atom. The van der Waals surface area contributed by atoms with E-state index >= 15 is 0 Å². The number of nitrogens with zero attached hydrogens (tertiary/aromatic N) is 2. The van der Waals surface area contributed by atoms with Crippen LogP contribution in [0, 0.1) is 0 Å². The molecule has 3 heterocycles. The molecule has 3 atom stereocenters. The summed E-state index contributed by atoms with van der Waals surface area (Å²) in [6, 6.07) is 14.9. The molecule has 3 aromatic rings. The highest BCUT2D eigenvalue weighted by Crippen LogP contribution is 2.48. The average molecular weight is 453 g/mol. The zero-order valence-corrected chi connectivity index (χ0v) is 19.3. The molecular weight excluding hydrogens is 424 g/mol. The van der Waals surface area contributed by atoms with Gasteiger partial charge >= 0.3 is 5.97 Å². The van der Waals surface area contributed by atoms with Gasteiger partial charge in [0.2, 0.25) is 0 Å². The van der Waals surface area contributed by atoms with Gasteiger partial charge < -0.3 is 14.4 Å². The first-order valence-electron chi connectivity index (χ1n) is 11.4. The number of halogens is 1. The van der Waals surface area contributed by atoms with Crippen LogP contribution in [-0.4, -0.2) is 40.2 Å². The molecule has 1 fully saturated rings. The third-order valence-corrected chi connectivity index (χ3v) is 7.59. The van der Waals surface area contributed by atoms with E-state index in [2.05, 4.69) is 28.5 Å². The molecule has 5 nitrogen and oxygen atoms in total. The molecule has 0 amide bonds. The van der Waals surface area contributed by atoms with E-state index < -0.39 is 5.97 Å². The molecule has 168 valence electrons. The minimum atomic E-state index is -0.781. The fourth-order valence-corrected chi connectivity index (χ4v) is 6.14. The Morgan fingerprint density at radius 2 is 2.00 bits per heavy atom. The van der Waals surface area contributed by atoms with Gasteiger partial charge in [0.15, 0.2) is 0 Å². The van der Waals surface area contributed by atoms with Crippen molar-refractivity contribution in [2.45, 2.75) is 57.2 Å². The summed E-state index contributed by atoms with van der Waals surface area (Å²) in [6.07, 6.45) is 3.48. The van der Waals surface area contributed by atoms with E-state index in [1.807, 2.05) is 30.3 Å². The van der Waals surface area contributed by atoms with Crippen LogP contribution in [0.3, 0.4) is 0 Å². The number of benzene rings is 2. The lowest BCUT2D eigenvalue weighted by atomic mass is 9.94. The van der Waals surface area contributed by atoms with Gasteiger partial charge in [0.25, 0.3) is 0 Å². The van der Waals surface area contributed by atoms with E-state index in [0.717, 1.165) is 34.8 Å². The molecule has 0 spiro atoms. The number of fused-ring (bicyclic) bond motifs is 6. The van der Waals surface area contributed by atoms with Crippen LogP contribution in [0.25, 0.3) is 10.9 Å². The summed E-state index contributed by atoms with van der Waals surface area (Å²) < 4.78 is 7.68. The van der Waals surface area contributed by atoms with Crippen LogP contribution < -0.4 is 4.74 Å². The molecule has 32 heavy (non-hydrogen) atoms. The predicted molar refractivity (Wildman–Crippen MR) is 127 cm³/mol. The van der Waals surface area contributed by atoms with Crippen LogP contribution in [0.4, 0.5) is 0 Å². The molecule has 2 aliphatic heterocycles. The Kier molecular flexibility index (Phi) is 5.64. The summed E-state index contributed by atoms with van der Waals surface area (Å²) in [5, 5.41) is 11.6. The molecule has 1 N–H and O–H groups in total. The van der Waals surface area contributed by atoms with Gasteiger partial charge in [0.1, 0.15) is 5.75 Å². The van der Waals surface area contributed by atoms with Crippen LogP contribution >= 0.6 is 11.6 Å². The number of rotatable bonds is 7. The summed E-state index contributed by atoms with van der Waals surface area (Å²) in [4.78, 5) is 14.4. The maximum Gasteiger partial charge on any atom is 0.304 e. The van der Waals surface area contributed by atoms with Gasteiger partial charge in [-0.3, -0.25) is 9.69 Å². The van der Waals surface area contributed by atoms with Gasteiger partial charge in [0, 0.05) is 52.6 Å². The van der Waals surface area contributed by atoms with E-state index in [1.54, 1.807) is 7.11 Å². The monoisotopic (exact) mass is 452 g/mol. The molecule has 2 bridgehead atoms. The number of carbonyl (C=O) groups is 1. The summed E-state index contributed by atoms with van der Waals surface area (Å²) in [7, 11) is 1.64. The summed E-state index contributed by atoms with van der Waals surface area (Å²) in [6.45, 7) is 3.93. The second kappa shape index (κ2) is 8.45. The first-order chi connectivity index (χ1) is 15.5. The Bertz CT molecular complexity index is 1150. The number of hydrogen-bond acceptors (Lipinski definition) is 3. The number of carboxylic acids is 1. The number of ether oxygens (including phenoxy) is 1. The second-order valence-corrected chi connectivity index (χ2v) is 9.42. The highest BCUT2D eigenvalue weighted by atomic mass is 35.5. The van der Waals surface area contributed by atoms with Gasteiger partial charge in [-0.15, -0.1) is 0 Å². The summed E-state index contributed by atoms with van der Waals surface area (Å²) in [5.74, 6) is -0.135. The Labute approximate surface area is 193 Å². The average Bonchev–Trinajstić information content (AvgIpc) is 3.25. The van der Waals surface area contributed by atoms with Crippen LogP contribution in [0.2, 0.25) is 5.02 Å². The number of aliphatic carboxylic acids is 1. The van der Waals surface area contributed by atoms with Crippen molar-refractivity contribution in [3.8, 4) is 5.75 Å². The number of carboxylic acid groups (broad SMARTS) is 1. The van der Waals surface area contributed by atoms with Crippen molar-refractivity contribution in [2.75, 3.05) is 13.7 Å². The quantitative estimate of drug-likeness (QED) is 0.503. The minimum Gasteiger partial charge on any atom is -0.497 e. The van der Waals surface area contributed by atoms with E-state index in [1.165, 1.54) is 29.5 Å². The van der Waals surface area contributed by atoms with Crippen molar-refractivity contribution in [3.05, 3.63) is 64.3 Å². The van der Waals surface area contributed by atoms with Gasteiger partial charge in [-0.1, -0.05) is 30.7 Å². The van der Waals surface area contributed by atoms with Gasteiger partial charge in [0.05, 0.1) is 13.5 Å². The molecule has 0 radical (unpaired) electrons. The molecule has 6 heteroatoms. The van der Waals surface area contributed by atoms with E-state index in [4.69, 9.17) is 16.3 Å². The topological polar surface area (TPSA) is 54.7 Å². The Morgan fingerprint density at radius 1 is 1.22 bits per heavy atom.